The van der Waals surface area contributed by atoms with Gasteiger partial charge in [0.05, 0.1) is 0 Å². The molecule has 1 aromatic carbocycles. The highest BCUT2D eigenvalue weighted by atomic mass is 35.5. The quantitative estimate of drug-likeness (QED) is 0.781. The summed E-state index contributed by atoms with van der Waals surface area (Å²) < 4.78 is 0. The molecule has 0 saturated heterocycles. The number of halogens is 1. The summed E-state index contributed by atoms with van der Waals surface area (Å²) >= 11 is 5.84. The van der Waals surface area contributed by atoms with Crippen LogP contribution in [-0.2, 0) is 0 Å². The number of carbonyl (C=O) groups excluding carboxylic acids is 1. The van der Waals surface area contributed by atoms with E-state index in [0.717, 1.165) is 19.3 Å². The molecule has 0 aliphatic heterocycles. The predicted octanol–water partition coefficient (Wildman–Crippen LogP) is 2.97. The van der Waals surface area contributed by atoms with Gasteiger partial charge in [-0.3, -0.25) is 0 Å². The van der Waals surface area contributed by atoms with E-state index < -0.39 is 0 Å². The van der Waals surface area contributed by atoms with E-state index in [-0.39, 0.29) is 12.6 Å². The van der Waals surface area contributed by atoms with Gasteiger partial charge < -0.3 is 15.3 Å². The zero-order valence-electron chi connectivity index (χ0n) is 10.5. The van der Waals surface area contributed by atoms with Crippen molar-refractivity contribution in [3.05, 3.63) is 29.3 Å². The Morgan fingerprint density at radius 3 is 2.83 bits per heavy atom. The van der Waals surface area contributed by atoms with Crippen LogP contribution in [0.4, 0.5) is 10.5 Å². The highest BCUT2D eigenvalue weighted by Crippen LogP contribution is 2.15. The topological polar surface area (TPSA) is 52.6 Å². The largest absolute Gasteiger partial charge is 0.396 e. The minimum absolute atomic E-state index is 0.152. The zero-order valence-corrected chi connectivity index (χ0v) is 11.3. The Morgan fingerprint density at radius 2 is 2.17 bits per heavy atom. The van der Waals surface area contributed by atoms with E-state index in [1.807, 2.05) is 0 Å². The van der Waals surface area contributed by atoms with Crippen LogP contribution in [0.5, 0.6) is 0 Å². The maximum absolute atomic E-state index is 11.8. The van der Waals surface area contributed by atoms with Crippen LogP contribution in [0.3, 0.4) is 0 Å². The standard InChI is InChI=1S/C13H19ClN2O2/c1-16(8-3-2-4-9-17)13(18)15-12-7-5-6-11(14)10-12/h5-7,10,17H,2-4,8-9H2,1H3,(H,15,18). The third-order valence-electron chi connectivity index (χ3n) is 2.57. The van der Waals surface area contributed by atoms with E-state index in [0.29, 0.717) is 17.3 Å². The van der Waals surface area contributed by atoms with Crippen LogP contribution in [0.1, 0.15) is 19.3 Å². The number of rotatable bonds is 6. The number of urea groups is 1. The summed E-state index contributed by atoms with van der Waals surface area (Å²) in [5, 5.41) is 12.0. The maximum Gasteiger partial charge on any atom is 0.321 e. The highest BCUT2D eigenvalue weighted by molar-refractivity contribution is 6.30. The molecule has 2 amide bonds. The fourth-order valence-corrected chi connectivity index (χ4v) is 1.71. The van der Waals surface area contributed by atoms with Crippen molar-refractivity contribution in [3.8, 4) is 0 Å². The zero-order chi connectivity index (χ0) is 13.4. The van der Waals surface area contributed by atoms with Gasteiger partial charge in [-0.15, -0.1) is 0 Å². The lowest BCUT2D eigenvalue weighted by molar-refractivity contribution is 0.220. The third kappa shape index (κ3) is 5.38. The second-order valence-corrected chi connectivity index (χ2v) is 4.58. The number of carbonyl (C=O) groups is 1. The molecule has 0 radical (unpaired) electrons. The Balaban J connectivity index is 2.35. The minimum Gasteiger partial charge on any atom is -0.396 e. The first-order valence-electron chi connectivity index (χ1n) is 6.02. The fraction of sp³-hybridized carbons (Fsp3) is 0.462. The van der Waals surface area contributed by atoms with Crippen LogP contribution in [0.15, 0.2) is 24.3 Å². The number of nitrogens with one attached hydrogen (secondary N) is 1. The summed E-state index contributed by atoms with van der Waals surface area (Å²) in [7, 11) is 1.75. The van der Waals surface area contributed by atoms with Gasteiger partial charge in [0.15, 0.2) is 0 Å². The van der Waals surface area contributed by atoms with E-state index in [1.54, 1.807) is 36.2 Å². The number of aliphatic hydroxyl groups excluding tert-OH is 1. The van der Waals surface area contributed by atoms with Crippen molar-refractivity contribution >= 4 is 23.3 Å². The Bertz CT molecular complexity index is 385. The Labute approximate surface area is 113 Å². The fourth-order valence-electron chi connectivity index (χ4n) is 1.52. The molecule has 0 bridgehead atoms. The molecule has 100 valence electrons. The van der Waals surface area contributed by atoms with Crippen LogP contribution < -0.4 is 5.32 Å². The normalized spacial score (nSPS) is 10.2. The molecular formula is C13H19ClN2O2. The molecule has 0 spiro atoms. The molecule has 0 aliphatic rings. The van der Waals surface area contributed by atoms with Gasteiger partial charge in [-0.25, -0.2) is 4.79 Å². The highest BCUT2D eigenvalue weighted by Gasteiger charge is 2.08. The van der Waals surface area contributed by atoms with Gasteiger partial charge in [-0.1, -0.05) is 17.7 Å². The first-order valence-corrected chi connectivity index (χ1v) is 6.40. The SMILES string of the molecule is CN(CCCCCO)C(=O)Nc1cccc(Cl)c1. The van der Waals surface area contributed by atoms with Gasteiger partial charge in [0.1, 0.15) is 0 Å². The number of unbranched alkanes of at least 4 members (excludes halogenated alkanes) is 2. The van der Waals surface area contributed by atoms with Crippen molar-refractivity contribution in [3.63, 3.8) is 0 Å². The molecular weight excluding hydrogens is 252 g/mol. The van der Waals surface area contributed by atoms with Crippen molar-refractivity contribution in [2.75, 3.05) is 25.5 Å². The minimum atomic E-state index is -0.152. The molecule has 0 atom stereocenters. The van der Waals surface area contributed by atoms with E-state index in [1.165, 1.54) is 0 Å². The first kappa shape index (κ1) is 14.8. The Kier molecular flexibility index (Phi) is 6.54. The number of hydrogen-bond acceptors (Lipinski definition) is 2. The number of nitrogens with zero attached hydrogens (tertiary/aromatic N) is 1. The van der Waals surface area contributed by atoms with E-state index in [2.05, 4.69) is 5.32 Å². The Hall–Kier alpha value is -1.26. The number of amides is 2. The molecule has 18 heavy (non-hydrogen) atoms. The van der Waals surface area contributed by atoms with Crippen molar-refractivity contribution in [2.45, 2.75) is 19.3 Å². The van der Waals surface area contributed by atoms with E-state index in [9.17, 15) is 4.79 Å². The van der Waals surface area contributed by atoms with Gasteiger partial charge in [0, 0.05) is 30.9 Å². The van der Waals surface area contributed by atoms with Gasteiger partial charge in [0.25, 0.3) is 0 Å². The molecule has 0 aromatic heterocycles. The third-order valence-corrected chi connectivity index (χ3v) is 2.81. The molecule has 4 nitrogen and oxygen atoms in total. The lowest BCUT2D eigenvalue weighted by Crippen LogP contribution is -2.32. The number of anilines is 1. The molecule has 5 heteroatoms. The van der Waals surface area contributed by atoms with Crippen molar-refractivity contribution in [1.29, 1.82) is 0 Å². The summed E-state index contributed by atoms with van der Waals surface area (Å²) in [6, 6.07) is 6.90. The van der Waals surface area contributed by atoms with Crippen molar-refractivity contribution in [1.82, 2.24) is 4.90 Å². The lowest BCUT2D eigenvalue weighted by Gasteiger charge is -2.17. The molecule has 0 saturated carbocycles. The molecule has 0 aliphatic carbocycles. The first-order chi connectivity index (χ1) is 8.63. The van der Waals surface area contributed by atoms with Crippen LogP contribution >= 0.6 is 11.6 Å². The number of benzene rings is 1. The van der Waals surface area contributed by atoms with Crippen molar-refractivity contribution in [2.24, 2.45) is 0 Å². The number of hydrogen-bond donors (Lipinski definition) is 2. The van der Waals surface area contributed by atoms with Crippen LogP contribution in [0.25, 0.3) is 0 Å². The Morgan fingerprint density at radius 1 is 1.39 bits per heavy atom. The molecule has 1 rings (SSSR count). The van der Waals surface area contributed by atoms with E-state index in [4.69, 9.17) is 16.7 Å². The average Bonchev–Trinajstić information content (AvgIpc) is 2.34. The smallest absolute Gasteiger partial charge is 0.321 e. The number of aliphatic hydroxyl groups is 1. The molecule has 0 fully saturated rings. The summed E-state index contributed by atoms with van der Waals surface area (Å²) in [5.74, 6) is 0. The van der Waals surface area contributed by atoms with Gasteiger partial charge in [0.2, 0.25) is 0 Å². The van der Waals surface area contributed by atoms with Crippen LogP contribution in [-0.4, -0.2) is 36.2 Å². The predicted molar refractivity (Wildman–Crippen MR) is 74.0 cm³/mol. The lowest BCUT2D eigenvalue weighted by atomic mass is 10.2. The molecule has 1 aromatic rings. The summed E-state index contributed by atoms with van der Waals surface area (Å²) in [4.78, 5) is 13.4. The second kappa shape index (κ2) is 7.95. The maximum atomic E-state index is 11.8. The van der Waals surface area contributed by atoms with Crippen molar-refractivity contribution < 1.29 is 9.90 Å². The van der Waals surface area contributed by atoms with Crippen LogP contribution in [0.2, 0.25) is 5.02 Å². The monoisotopic (exact) mass is 270 g/mol. The van der Waals surface area contributed by atoms with Gasteiger partial charge in [-0.05, 0) is 37.5 Å². The average molecular weight is 271 g/mol. The van der Waals surface area contributed by atoms with Crippen LogP contribution in [0, 0.1) is 0 Å². The summed E-state index contributed by atoms with van der Waals surface area (Å²) in [5.41, 5.74) is 0.690. The second-order valence-electron chi connectivity index (χ2n) is 4.15. The van der Waals surface area contributed by atoms with E-state index >= 15 is 0 Å². The molecule has 2 N–H and O–H groups in total. The summed E-state index contributed by atoms with van der Waals surface area (Å²) in [6.45, 7) is 0.880. The molecule has 0 heterocycles. The van der Waals surface area contributed by atoms with Gasteiger partial charge >= 0.3 is 6.03 Å². The summed E-state index contributed by atoms with van der Waals surface area (Å²) in [6.07, 6.45) is 2.59. The van der Waals surface area contributed by atoms with Gasteiger partial charge in [-0.2, -0.15) is 0 Å². The molecule has 0 unspecified atom stereocenters.